The van der Waals surface area contributed by atoms with Crippen LogP contribution in [-0.4, -0.2) is 25.8 Å². The summed E-state index contributed by atoms with van der Waals surface area (Å²) in [5.41, 5.74) is 1.08. The number of aromatic nitrogens is 3. The molecule has 0 amide bonds. The number of anilines is 1. The molecule has 0 radical (unpaired) electrons. The number of benzene rings is 1. The minimum Gasteiger partial charge on any atom is -0.477 e. The summed E-state index contributed by atoms with van der Waals surface area (Å²) in [6.07, 6.45) is 3.02. The van der Waals surface area contributed by atoms with Crippen molar-refractivity contribution < 1.29 is 9.90 Å². The average molecular weight is 242 g/mol. The van der Waals surface area contributed by atoms with E-state index in [0.29, 0.717) is 5.95 Å². The number of nitrogens with zero attached hydrogens (tertiary/aromatic N) is 3. The van der Waals surface area contributed by atoms with Crippen LogP contribution in [0.15, 0.2) is 48.4 Å². The Labute approximate surface area is 103 Å². The number of nitrogens with one attached hydrogen (secondary N) is 1. The molecule has 1 aliphatic heterocycles. The van der Waals surface area contributed by atoms with E-state index in [1.54, 1.807) is 10.8 Å². The van der Waals surface area contributed by atoms with E-state index in [1.807, 2.05) is 30.3 Å². The number of hydrogen-bond donors (Lipinski definition) is 2. The molecule has 90 valence electrons. The Morgan fingerprint density at radius 1 is 1.33 bits per heavy atom. The molecule has 0 fully saturated rings. The zero-order chi connectivity index (χ0) is 12.5. The summed E-state index contributed by atoms with van der Waals surface area (Å²) in [4.78, 5) is 15.1. The van der Waals surface area contributed by atoms with Crippen molar-refractivity contribution in [2.45, 2.75) is 6.04 Å². The van der Waals surface area contributed by atoms with Crippen molar-refractivity contribution in [2.75, 3.05) is 5.32 Å². The average Bonchev–Trinajstić information content (AvgIpc) is 2.86. The van der Waals surface area contributed by atoms with Crippen LogP contribution < -0.4 is 5.32 Å². The van der Waals surface area contributed by atoms with Gasteiger partial charge in [0.05, 0.1) is 0 Å². The summed E-state index contributed by atoms with van der Waals surface area (Å²) in [7, 11) is 0. The summed E-state index contributed by atoms with van der Waals surface area (Å²) in [5.74, 6) is -0.575. The summed E-state index contributed by atoms with van der Waals surface area (Å²) >= 11 is 0. The van der Waals surface area contributed by atoms with E-state index in [0.717, 1.165) is 5.56 Å². The first-order valence-corrected chi connectivity index (χ1v) is 5.42. The minimum absolute atomic E-state index is 0.115. The number of carboxylic acid groups (broad SMARTS) is 1. The van der Waals surface area contributed by atoms with Gasteiger partial charge in [0.2, 0.25) is 5.95 Å². The number of carbonyl (C=O) groups is 1. The lowest BCUT2D eigenvalue weighted by Gasteiger charge is -2.22. The Morgan fingerprint density at radius 2 is 2.11 bits per heavy atom. The topological polar surface area (TPSA) is 80.0 Å². The van der Waals surface area contributed by atoms with Gasteiger partial charge in [-0.25, -0.2) is 9.48 Å². The fourth-order valence-corrected chi connectivity index (χ4v) is 1.95. The first-order chi connectivity index (χ1) is 8.75. The maximum atomic E-state index is 11.1. The number of allylic oxidation sites excluding steroid dienone is 1. The molecule has 3 rings (SSSR count). The zero-order valence-corrected chi connectivity index (χ0v) is 9.32. The van der Waals surface area contributed by atoms with Gasteiger partial charge in [-0.3, -0.25) is 0 Å². The highest BCUT2D eigenvalue weighted by Crippen LogP contribution is 2.27. The van der Waals surface area contributed by atoms with Crippen LogP contribution in [0.5, 0.6) is 0 Å². The maximum Gasteiger partial charge on any atom is 0.352 e. The molecule has 1 aliphatic rings. The van der Waals surface area contributed by atoms with Crippen molar-refractivity contribution in [3.05, 3.63) is 54.0 Å². The van der Waals surface area contributed by atoms with Crippen molar-refractivity contribution in [3.8, 4) is 0 Å². The largest absolute Gasteiger partial charge is 0.477 e. The van der Waals surface area contributed by atoms with Crippen LogP contribution in [0.3, 0.4) is 0 Å². The number of hydrogen-bond acceptors (Lipinski definition) is 4. The van der Waals surface area contributed by atoms with E-state index >= 15 is 0 Å². The second-order valence-corrected chi connectivity index (χ2v) is 3.89. The van der Waals surface area contributed by atoms with Gasteiger partial charge in [-0.2, -0.15) is 10.1 Å². The molecule has 0 spiro atoms. The third kappa shape index (κ3) is 1.64. The first-order valence-electron chi connectivity index (χ1n) is 5.42. The molecule has 0 saturated carbocycles. The fraction of sp³-hybridized carbons (Fsp3) is 0.0833. The second-order valence-electron chi connectivity index (χ2n) is 3.89. The lowest BCUT2D eigenvalue weighted by molar-refractivity contribution is -0.132. The maximum absolute atomic E-state index is 11.1. The minimum atomic E-state index is -1.01. The summed E-state index contributed by atoms with van der Waals surface area (Å²) in [6.45, 7) is 0. The van der Waals surface area contributed by atoms with Gasteiger partial charge in [0, 0.05) is 0 Å². The fourth-order valence-electron chi connectivity index (χ4n) is 1.95. The predicted octanol–water partition coefficient (Wildman–Crippen LogP) is 1.26. The highest BCUT2D eigenvalue weighted by molar-refractivity contribution is 5.90. The molecule has 2 aromatic rings. The van der Waals surface area contributed by atoms with E-state index in [2.05, 4.69) is 15.4 Å². The molecule has 0 saturated heterocycles. The van der Waals surface area contributed by atoms with Crippen molar-refractivity contribution in [2.24, 2.45) is 0 Å². The Hall–Kier alpha value is -2.63. The molecule has 0 bridgehead atoms. The van der Waals surface area contributed by atoms with Gasteiger partial charge >= 0.3 is 5.97 Å². The molecule has 6 heteroatoms. The van der Waals surface area contributed by atoms with Crippen LogP contribution >= 0.6 is 0 Å². The Bertz CT molecular complexity index is 618. The van der Waals surface area contributed by atoms with E-state index in [-0.39, 0.29) is 11.7 Å². The van der Waals surface area contributed by atoms with Gasteiger partial charge in [-0.15, -0.1) is 0 Å². The molecular formula is C12H10N4O2. The van der Waals surface area contributed by atoms with Gasteiger partial charge in [0.15, 0.2) is 0 Å². The van der Waals surface area contributed by atoms with E-state index in [1.165, 1.54) is 6.33 Å². The van der Waals surface area contributed by atoms with E-state index < -0.39 is 5.97 Å². The number of fused-ring (bicyclic) bond motifs is 1. The molecule has 2 heterocycles. The Kier molecular flexibility index (Phi) is 2.33. The van der Waals surface area contributed by atoms with E-state index in [4.69, 9.17) is 5.11 Å². The Balaban J connectivity index is 2.10. The molecule has 18 heavy (non-hydrogen) atoms. The van der Waals surface area contributed by atoms with Gasteiger partial charge in [0.1, 0.15) is 18.1 Å². The summed E-state index contributed by atoms with van der Waals surface area (Å²) in [6, 6.07) is 9.32. The zero-order valence-electron chi connectivity index (χ0n) is 9.32. The molecule has 1 aromatic carbocycles. The monoisotopic (exact) mass is 242 g/mol. The normalized spacial score (nSPS) is 17.6. The summed E-state index contributed by atoms with van der Waals surface area (Å²) < 4.78 is 1.65. The number of aliphatic carboxylic acids is 1. The standard InChI is InChI=1S/C12H10N4O2/c17-11(18)9-6-10(8-4-2-1-3-5-8)16-12(15-9)13-7-14-16/h1-7,10H,(H,17,18)(H,13,14,15)/t10-/m1/s1. The third-order valence-corrected chi connectivity index (χ3v) is 2.78. The highest BCUT2D eigenvalue weighted by Gasteiger charge is 2.25. The lowest BCUT2D eigenvalue weighted by Crippen LogP contribution is -2.24. The number of carboxylic acids is 1. The van der Waals surface area contributed by atoms with Gasteiger partial charge in [-0.1, -0.05) is 30.3 Å². The SMILES string of the molecule is O=C(O)C1=C[C@H](c2ccccc2)n2ncnc2N1. The van der Waals surface area contributed by atoms with Crippen LogP contribution in [0.4, 0.5) is 5.95 Å². The molecule has 1 atom stereocenters. The van der Waals surface area contributed by atoms with Gasteiger partial charge < -0.3 is 10.4 Å². The second kappa shape index (κ2) is 3.99. The van der Waals surface area contributed by atoms with Crippen molar-refractivity contribution in [1.82, 2.24) is 14.8 Å². The van der Waals surface area contributed by atoms with Crippen LogP contribution in [0.2, 0.25) is 0 Å². The molecule has 0 aliphatic carbocycles. The first kappa shape index (κ1) is 10.5. The predicted molar refractivity (Wildman–Crippen MR) is 63.9 cm³/mol. The van der Waals surface area contributed by atoms with Crippen LogP contribution in [0, 0.1) is 0 Å². The quantitative estimate of drug-likeness (QED) is 0.828. The van der Waals surface area contributed by atoms with Crippen LogP contribution in [0.1, 0.15) is 11.6 Å². The van der Waals surface area contributed by atoms with E-state index in [9.17, 15) is 4.79 Å². The van der Waals surface area contributed by atoms with Gasteiger partial charge in [-0.05, 0) is 11.6 Å². The van der Waals surface area contributed by atoms with Crippen molar-refractivity contribution in [1.29, 1.82) is 0 Å². The molecule has 6 nitrogen and oxygen atoms in total. The smallest absolute Gasteiger partial charge is 0.352 e. The van der Waals surface area contributed by atoms with Crippen molar-refractivity contribution in [3.63, 3.8) is 0 Å². The third-order valence-electron chi connectivity index (χ3n) is 2.78. The molecule has 1 aromatic heterocycles. The van der Waals surface area contributed by atoms with Crippen LogP contribution in [0.25, 0.3) is 0 Å². The molecule has 0 unspecified atom stereocenters. The lowest BCUT2D eigenvalue weighted by atomic mass is 10.0. The summed E-state index contributed by atoms with van der Waals surface area (Å²) in [5, 5.41) is 15.9. The molecular weight excluding hydrogens is 232 g/mol. The van der Waals surface area contributed by atoms with Crippen LogP contribution in [-0.2, 0) is 4.79 Å². The number of rotatable bonds is 2. The highest BCUT2D eigenvalue weighted by atomic mass is 16.4. The Morgan fingerprint density at radius 3 is 2.83 bits per heavy atom. The molecule has 2 N–H and O–H groups in total. The van der Waals surface area contributed by atoms with Crippen molar-refractivity contribution >= 4 is 11.9 Å². The van der Waals surface area contributed by atoms with Gasteiger partial charge in [0.25, 0.3) is 0 Å².